The van der Waals surface area contributed by atoms with Gasteiger partial charge in [0.25, 0.3) is 0 Å². The maximum Gasteiger partial charge on any atom is 0.227 e. The van der Waals surface area contributed by atoms with Crippen LogP contribution in [0, 0.1) is 6.92 Å². The van der Waals surface area contributed by atoms with Gasteiger partial charge >= 0.3 is 0 Å². The maximum absolute atomic E-state index is 5.93. The number of nitrogens with two attached hydrogens (primary N) is 1. The second kappa shape index (κ2) is 7.04. The van der Waals surface area contributed by atoms with Gasteiger partial charge in [0.05, 0.1) is 5.56 Å². The highest BCUT2D eigenvalue weighted by molar-refractivity contribution is 5.49. The fourth-order valence-corrected chi connectivity index (χ4v) is 2.06. The lowest BCUT2D eigenvalue weighted by atomic mass is 10.2. The molecule has 1 aromatic carbocycles. The number of nitrogen functional groups attached to an aromatic ring is 1. The molecule has 0 spiro atoms. The predicted molar refractivity (Wildman–Crippen MR) is 84.5 cm³/mol. The molecule has 0 aliphatic heterocycles. The average Bonchev–Trinajstić information content (AvgIpc) is 2.50. The Labute approximate surface area is 125 Å². The van der Waals surface area contributed by atoms with Gasteiger partial charge in [-0.15, -0.1) is 0 Å². The summed E-state index contributed by atoms with van der Waals surface area (Å²) in [5.74, 6) is 8.20. The minimum Gasteiger partial charge on any atom is -0.439 e. The van der Waals surface area contributed by atoms with Gasteiger partial charge in [0.1, 0.15) is 17.4 Å². The van der Waals surface area contributed by atoms with E-state index in [1.54, 1.807) is 0 Å². The highest BCUT2D eigenvalue weighted by Gasteiger charge is 2.12. The van der Waals surface area contributed by atoms with Crippen LogP contribution in [0.25, 0.3) is 0 Å². The summed E-state index contributed by atoms with van der Waals surface area (Å²) in [5, 5.41) is 0. The number of aryl methyl sites for hydroxylation is 2. The number of hydrogen-bond donors (Lipinski definition) is 2. The Balaban J connectivity index is 2.35. The van der Waals surface area contributed by atoms with Crippen molar-refractivity contribution < 1.29 is 4.74 Å². The molecule has 0 aliphatic rings. The molecule has 0 fully saturated rings. The number of hydrazine groups is 1. The van der Waals surface area contributed by atoms with E-state index in [9.17, 15) is 0 Å². The number of hydrogen-bond acceptors (Lipinski definition) is 5. The largest absolute Gasteiger partial charge is 0.439 e. The van der Waals surface area contributed by atoms with Crippen molar-refractivity contribution in [3.63, 3.8) is 0 Å². The number of benzene rings is 1. The fraction of sp³-hybridized carbons (Fsp3) is 0.375. The van der Waals surface area contributed by atoms with Gasteiger partial charge in [0, 0.05) is 6.42 Å². The number of nitrogens with zero attached hydrogens (tertiary/aromatic N) is 2. The topological polar surface area (TPSA) is 73.1 Å². The van der Waals surface area contributed by atoms with Crippen molar-refractivity contribution in [1.82, 2.24) is 9.97 Å². The molecule has 3 N–H and O–H groups in total. The van der Waals surface area contributed by atoms with Crippen LogP contribution in [0.3, 0.4) is 0 Å². The summed E-state index contributed by atoms with van der Waals surface area (Å²) in [7, 11) is 0. The van der Waals surface area contributed by atoms with Crippen molar-refractivity contribution in [3.05, 3.63) is 41.2 Å². The lowest BCUT2D eigenvalue weighted by Crippen LogP contribution is -2.13. The van der Waals surface area contributed by atoms with E-state index in [0.717, 1.165) is 36.4 Å². The molecule has 2 rings (SSSR count). The first-order valence-corrected chi connectivity index (χ1v) is 7.28. The van der Waals surface area contributed by atoms with Gasteiger partial charge in [-0.05, 0) is 37.5 Å². The first kappa shape index (κ1) is 15.3. The van der Waals surface area contributed by atoms with Gasteiger partial charge in [-0.2, -0.15) is 4.98 Å². The normalized spacial score (nSPS) is 10.5. The van der Waals surface area contributed by atoms with Crippen molar-refractivity contribution in [1.29, 1.82) is 0 Å². The number of anilines is 1. The molecular formula is C16H22N4O. The van der Waals surface area contributed by atoms with Gasteiger partial charge in [0.15, 0.2) is 0 Å². The standard InChI is InChI=1S/C16H22N4O/c1-4-7-14-18-15(20-17)11(3)16(19-14)21-13-9-6-8-12(5-2)10-13/h6,8-10H,4-5,7,17H2,1-3H3,(H,18,19,20). The Morgan fingerprint density at radius 3 is 2.71 bits per heavy atom. The van der Waals surface area contributed by atoms with Crippen LogP contribution >= 0.6 is 0 Å². The zero-order chi connectivity index (χ0) is 15.2. The number of aromatic nitrogens is 2. The summed E-state index contributed by atoms with van der Waals surface area (Å²) in [6.07, 6.45) is 2.73. The van der Waals surface area contributed by atoms with Gasteiger partial charge in [-0.25, -0.2) is 10.8 Å². The highest BCUT2D eigenvalue weighted by atomic mass is 16.5. The van der Waals surface area contributed by atoms with Crippen LogP contribution in [-0.2, 0) is 12.8 Å². The molecule has 0 saturated carbocycles. The first-order valence-electron chi connectivity index (χ1n) is 7.28. The first-order chi connectivity index (χ1) is 10.2. The van der Waals surface area contributed by atoms with Crippen LogP contribution in [-0.4, -0.2) is 9.97 Å². The Morgan fingerprint density at radius 2 is 2.05 bits per heavy atom. The van der Waals surface area contributed by atoms with Crippen molar-refractivity contribution in [2.75, 3.05) is 5.43 Å². The molecule has 0 atom stereocenters. The Kier molecular flexibility index (Phi) is 5.11. The second-order valence-electron chi connectivity index (χ2n) is 4.92. The Morgan fingerprint density at radius 1 is 1.24 bits per heavy atom. The molecule has 1 aromatic heterocycles. The molecule has 112 valence electrons. The Bertz CT molecular complexity index is 613. The Hall–Kier alpha value is -2.14. The molecule has 0 aliphatic carbocycles. The summed E-state index contributed by atoms with van der Waals surface area (Å²) in [6, 6.07) is 8.02. The fourth-order valence-electron chi connectivity index (χ4n) is 2.06. The van der Waals surface area contributed by atoms with Gasteiger partial charge in [-0.1, -0.05) is 26.0 Å². The molecule has 0 amide bonds. The van der Waals surface area contributed by atoms with Gasteiger partial charge in [-0.3, -0.25) is 0 Å². The maximum atomic E-state index is 5.93. The predicted octanol–water partition coefficient (Wildman–Crippen LogP) is 3.38. The zero-order valence-electron chi connectivity index (χ0n) is 12.8. The molecule has 0 bridgehead atoms. The van der Waals surface area contributed by atoms with Crippen molar-refractivity contribution in [2.45, 2.75) is 40.0 Å². The molecular weight excluding hydrogens is 264 g/mol. The summed E-state index contributed by atoms with van der Waals surface area (Å²) in [4.78, 5) is 8.88. The molecule has 0 unspecified atom stereocenters. The lowest BCUT2D eigenvalue weighted by molar-refractivity contribution is 0.454. The smallest absolute Gasteiger partial charge is 0.227 e. The van der Waals surface area contributed by atoms with E-state index < -0.39 is 0 Å². The third-order valence-corrected chi connectivity index (χ3v) is 3.28. The van der Waals surface area contributed by atoms with E-state index in [1.165, 1.54) is 5.56 Å². The summed E-state index contributed by atoms with van der Waals surface area (Å²) < 4.78 is 5.93. The van der Waals surface area contributed by atoms with E-state index in [4.69, 9.17) is 10.6 Å². The summed E-state index contributed by atoms with van der Waals surface area (Å²) in [5.41, 5.74) is 4.64. The van der Waals surface area contributed by atoms with Gasteiger partial charge in [0.2, 0.25) is 5.88 Å². The third-order valence-electron chi connectivity index (χ3n) is 3.28. The van der Waals surface area contributed by atoms with Crippen molar-refractivity contribution in [3.8, 4) is 11.6 Å². The number of ether oxygens (including phenoxy) is 1. The molecule has 5 nitrogen and oxygen atoms in total. The van der Waals surface area contributed by atoms with E-state index in [-0.39, 0.29) is 0 Å². The lowest BCUT2D eigenvalue weighted by Gasteiger charge is -2.13. The highest BCUT2D eigenvalue weighted by Crippen LogP contribution is 2.27. The minimum atomic E-state index is 0.551. The van der Waals surface area contributed by atoms with Crippen LogP contribution in [0.2, 0.25) is 0 Å². The van der Waals surface area contributed by atoms with Crippen molar-refractivity contribution >= 4 is 5.82 Å². The van der Waals surface area contributed by atoms with Crippen LogP contribution in [0.15, 0.2) is 24.3 Å². The average molecular weight is 286 g/mol. The second-order valence-corrected chi connectivity index (χ2v) is 4.92. The monoisotopic (exact) mass is 286 g/mol. The third kappa shape index (κ3) is 3.70. The molecule has 5 heteroatoms. The molecule has 21 heavy (non-hydrogen) atoms. The van der Waals surface area contributed by atoms with E-state index in [1.807, 2.05) is 25.1 Å². The molecule has 2 aromatic rings. The molecule has 0 saturated heterocycles. The van der Waals surface area contributed by atoms with E-state index in [2.05, 4.69) is 35.3 Å². The SMILES string of the molecule is CCCc1nc(NN)c(C)c(Oc2cccc(CC)c2)n1. The van der Waals surface area contributed by atoms with Gasteiger partial charge < -0.3 is 10.2 Å². The summed E-state index contributed by atoms with van der Waals surface area (Å²) >= 11 is 0. The van der Waals surface area contributed by atoms with Crippen LogP contribution in [0.4, 0.5) is 5.82 Å². The van der Waals surface area contributed by atoms with E-state index >= 15 is 0 Å². The zero-order valence-corrected chi connectivity index (χ0v) is 12.8. The van der Waals surface area contributed by atoms with Crippen LogP contribution in [0.1, 0.15) is 37.2 Å². The molecule has 1 heterocycles. The number of nitrogens with one attached hydrogen (secondary N) is 1. The van der Waals surface area contributed by atoms with Crippen LogP contribution < -0.4 is 16.0 Å². The molecule has 0 radical (unpaired) electrons. The number of rotatable bonds is 6. The van der Waals surface area contributed by atoms with Crippen LogP contribution in [0.5, 0.6) is 11.6 Å². The minimum absolute atomic E-state index is 0.551. The summed E-state index contributed by atoms with van der Waals surface area (Å²) in [6.45, 7) is 6.10. The van der Waals surface area contributed by atoms with Crippen molar-refractivity contribution in [2.24, 2.45) is 5.84 Å². The van der Waals surface area contributed by atoms with E-state index in [0.29, 0.717) is 11.7 Å². The quantitative estimate of drug-likeness (QED) is 0.629.